The van der Waals surface area contributed by atoms with Crippen LogP contribution in [-0.4, -0.2) is 24.0 Å². The molecule has 3 aliphatic rings. The molecule has 0 spiro atoms. The SMILES string of the molecule is CC1CC1NC(=O)C1CC2CCCCC2N1.Cl. The zero-order valence-electron chi connectivity index (χ0n) is 10.4. The predicted octanol–water partition coefficient (Wildman–Crippen LogP) is 1.85. The zero-order valence-corrected chi connectivity index (χ0v) is 11.3. The van der Waals surface area contributed by atoms with Gasteiger partial charge in [0.2, 0.25) is 5.91 Å². The highest BCUT2D eigenvalue weighted by atomic mass is 35.5. The minimum Gasteiger partial charge on any atom is -0.352 e. The van der Waals surface area contributed by atoms with Crippen molar-refractivity contribution < 1.29 is 4.79 Å². The molecule has 0 bridgehead atoms. The monoisotopic (exact) mass is 258 g/mol. The van der Waals surface area contributed by atoms with Crippen LogP contribution in [0.2, 0.25) is 0 Å². The Morgan fingerprint density at radius 3 is 2.59 bits per heavy atom. The first-order chi connectivity index (χ1) is 7.74. The Kier molecular flexibility index (Phi) is 3.99. The Morgan fingerprint density at radius 1 is 1.24 bits per heavy atom. The van der Waals surface area contributed by atoms with Gasteiger partial charge in [-0.3, -0.25) is 4.79 Å². The molecule has 3 fully saturated rings. The lowest BCUT2D eigenvalue weighted by Gasteiger charge is -2.24. The maximum absolute atomic E-state index is 12.0. The molecule has 1 amide bonds. The molecule has 1 heterocycles. The van der Waals surface area contributed by atoms with E-state index in [-0.39, 0.29) is 24.4 Å². The van der Waals surface area contributed by atoms with E-state index in [0.29, 0.717) is 18.0 Å². The van der Waals surface area contributed by atoms with Gasteiger partial charge in [-0.25, -0.2) is 0 Å². The highest BCUT2D eigenvalue weighted by Crippen LogP contribution is 2.34. The number of hydrogen-bond acceptors (Lipinski definition) is 2. The van der Waals surface area contributed by atoms with Crippen molar-refractivity contribution in [2.24, 2.45) is 11.8 Å². The number of rotatable bonds is 2. The van der Waals surface area contributed by atoms with Gasteiger partial charge in [0.05, 0.1) is 6.04 Å². The minimum atomic E-state index is 0. The van der Waals surface area contributed by atoms with Crippen molar-refractivity contribution in [3.8, 4) is 0 Å². The first kappa shape index (κ1) is 13.2. The first-order valence-corrected chi connectivity index (χ1v) is 6.80. The molecule has 98 valence electrons. The second-order valence-corrected chi connectivity index (χ2v) is 5.93. The fourth-order valence-corrected chi connectivity index (χ4v) is 3.33. The van der Waals surface area contributed by atoms with Crippen LogP contribution in [0.5, 0.6) is 0 Å². The summed E-state index contributed by atoms with van der Waals surface area (Å²) < 4.78 is 0. The fourth-order valence-electron chi connectivity index (χ4n) is 3.33. The highest BCUT2D eigenvalue weighted by molar-refractivity contribution is 5.85. The average molecular weight is 259 g/mol. The van der Waals surface area contributed by atoms with Gasteiger partial charge >= 0.3 is 0 Å². The van der Waals surface area contributed by atoms with Gasteiger partial charge < -0.3 is 10.6 Å². The molecule has 0 aromatic carbocycles. The van der Waals surface area contributed by atoms with Gasteiger partial charge in [-0.05, 0) is 37.5 Å². The van der Waals surface area contributed by atoms with Crippen LogP contribution in [0.3, 0.4) is 0 Å². The van der Waals surface area contributed by atoms with Crippen LogP contribution in [0.1, 0.15) is 45.4 Å². The number of fused-ring (bicyclic) bond motifs is 1. The summed E-state index contributed by atoms with van der Waals surface area (Å²) in [6.07, 6.45) is 7.53. The Bertz CT molecular complexity index is 283. The lowest BCUT2D eigenvalue weighted by atomic mass is 9.85. The van der Waals surface area contributed by atoms with Crippen molar-refractivity contribution in [2.45, 2.75) is 63.6 Å². The first-order valence-electron chi connectivity index (χ1n) is 6.80. The number of nitrogens with one attached hydrogen (secondary N) is 2. The van der Waals surface area contributed by atoms with Crippen LogP contribution in [0.15, 0.2) is 0 Å². The van der Waals surface area contributed by atoms with E-state index < -0.39 is 0 Å². The number of hydrogen-bond donors (Lipinski definition) is 2. The van der Waals surface area contributed by atoms with Crippen molar-refractivity contribution in [3.63, 3.8) is 0 Å². The van der Waals surface area contributed by atoms with E-state index in [4.69, 9.17) is 0 Å². The molecule has 4 heteroatoms. The zero-order chi connectivity index (χ0) is 11.1. The van der Waals surface area contributed by atoms with E-state index in [1.807, 2.05) is 0 Å². The average Bonchev–Trinajstić information content (AvgIpc) is 2.82. The molecule has 0 radical (unpaired) electrons. The van der Waals surface area contributed by atoms with Gasteiger partial charge in [0.1, 0.15) is 0 Å². The highest BCUT2D eigenvalue weighted by Gasteiger charge is 2.41. The molecule has 0 aromatic heterocycles. The summed E-state index contributed by atoms with van der Waals surface area (Å²) in [6.45, 7) is 2.20. The summed E-state index contributed by atoms with van der Waals surface area (Å²) in [5, 5.41) is 6.68. The Labute approximate surface area is 110 Å². The lowest BCUT2D eigenvalue weighted by molar-refractivity contribution is -0.123. The Morgan fingerprint density at radius 2 is 1.94 bits per heavy atom. The summed E-state index contributed by atoms with van der Waals surface area (Å²) in [5.74, 6) is 1.72. The normalized spacial score (nSPS) is 43.5. The third-order valence-electron chi connectivity index (χ3n) is 4.62. The quantitative estimate of drug-likeness (QED) is 0.794. The van der Waals surface area contributed by atoms with E-state index in [1.165, 1.54) is 32.1 Å². The van der Waals surface area contributed by atoms with Crippen molar-refractivity contribution in [1.29, 1.82) is 0 Å². The van der Waals surface area contributed by atoms with Crippen LogP contribution < -0.4 is 10.6 Å². The van der Waals surface area contributed by atoms with Crippen LogP contribution in [0, 0.1) is 11.8 Å². The Balaban J connectivity index is 0.00000108. The molecule has 3 nitrogen and oxygen atoms in total. The van der Waals surface area contributed by atoms with Gasteiger partial charge in [-0.2, -0.15) is 0 Å². The standard InChI is InChI=1S/C13H22N2O.ClH/c1-8-6-11(8)15-13(16)12-7-9-4-2-3-5-10(9)14-12;/h8-12,14H,2-7H2,1H3,(H,15,16);1H. The largest absolute Gasteiger partial charge is 0.352 e. The summed E-state index contributed by atoms with van der Waals surface area (Å²) in [6, 6.07) is 1.19. The van der Waals surface area contributed by atoms with E-state index in [1.54, 1.807) is 0 Å². The van der Waals surface area contributed by atoms with E-state index in [9.17, 15) is 4.79 Å². The second-order valence-electron chi connectivity index (χ2n) is 5.93. The van der Waals surface area contributed by atoms with Crippen LogP contribution in [0.25, 0.3) is 0 Å². The molecule has 5 unspecified atom stereocenters. The Hall–Kier alpha value is -0.280. The number of amides is 1. The van der Waals surface area contributed by atoms with Crippen LogP contribution >= 0.6 is 12.4 Å². The molecule has 3 rings (SSSR count). The summed E-state index contributed by atoms with van der Waals surface area (Å²) >= 11 is 0. The molecule has 2 saturated carbocycles. The van der Waals surface area contributed by atoms with Crippen molar-refractivity contribution >= 4 is 18.3 Å². The molecule has 1 aliphatic heterocycles. The molecule has 1 saturated heterocycles. The van der Waals surface area contributed by atoms with Crippen LogP contribution in [-0.2, 0) is 4.79 Å². The molecule has 0 aromatic rings. The van der Waals surface area contributed by atoms with E-state index in [2.05, 4.69) is 17.6 Å². The molecule has 17 heavy (non-hydrogen) atoms. The maximum Gasteiger partial charge on any atom is 0.237 e. The number of halogens is 1. The topological polar surface area (TPSA) is 41.1 Å². The van der Waals surface area contributed by atoms with Gasteiger partial charge in [-0.1, -0.05) is 19.8 Å². The predicted molar refractivity (Wildman–Crippen MR) is 70.2 cm³/mol. The van der Waals surface area contributed by atoms with Crippen molar-refractivity contribution in [1.82, 2.24) is 10.6 Å². The van der Waals surface area contributed by atoms with Crippen molar-refractivity contribution in [2.75, 3.05) is 0 Å². The summed E-state index contributed by atoms with van der Waals surface area (Å²) in [7, 11) is 0. The molecular weight excluding hydrogens is 236 g/mol. The summed E-state index contributed by atoms with van der Waals surface area (Å²) in [5.41, 5.74) is 0. The van der Waals surface area contributed by atoms with Crippen LogP contribution in [0.4, 0.5) is 0 Å². The smallest absolute Gasteiger partial charge is 0.237 e. The third kappa shape index (κ3) is 2.76. The second kappa shape index (κ2) is 5.15. The molecular formula is C13H23ClN2O. The molecule has 5 atom stereocenters. The fraction of sp³-hybridized carbons (Fsp3) is 0.923. The van der Waals surface area contributed by atoms with Gasteiger partial charge in [0.15, 0.2) is 0 Å². The van der Waals surface area contributed by atoms with Gasteiger partial charge in [0, 0.05) is 12.1 Å². The van der Waals surface area contributed by atoms with Gasteiger partial charge in [0.25, 0.3) is 0 Å². The van der Waals surface area contributed by atoms with Gasteiger partial charge in [-0.15, -0.1) is 12.4 Å². The van der Waals surface area contributed by atoms with Crippen molar-refractivity contribution in [3.05, 3.63) is 0 Å². The minimum absolute atomic E-state index is 0. The lowest BCUT2D eigenvalue weighted by Crippen LogP contribution is -2.44. The van der Waals surface area contributed by atoms with E-state index in [0.717, 1.165) is 12.3 Å². The number of carbonyl (C=O) groups is 1. The third-order valence-corrected chi connectivity index (χ3v) is 4.62. The molecule has 2 N–H and O–H groups in total. The summed E-state index contributed by atoms with van der Waals surface area (Å²) in [4.78, 5) is 12.0. The number of carbonyl (C=O) groups excluding carboxylic acids is 1. The molecule has 2 aliphatic carbocycles. The maximum atomic E-state index is 12.0. The van der Waals surface area contributed by atoms with E-state index >= 15 is 0 Å².